The van der Waals surface area contributed by atoms with E-state index < -0.39 is 0 Å². The molecule has 4 heteroatoms. The first-order valence-corrected chi connectivity index (χ1v) is 7.83. The van der Waals surface area contributed by atoms with E-state index in [1.54, 1.807) is 11.3 Å². The lowest BCUT2D eigenvalue weighted by molar-refractivity contribution is 0.0629. The van der Waals surface area contributed by atoms with Gasteiger partial charge in [-0.15, -0.1) is 11.3 Å². The Kier molecular flexibility index (Phi) is 3.94. The summed E-state index contributed by atoms with van der Waals surface area (Å²) in [5.74, 6) is 1.67. The van der Waals surface area contributed by atoms with Crippen LogP contribution in [-0.2, 0) is 0 Å². The van der Waals surface area contributed by atoms with Crippen molar-refractivity contribution in [3.8, 4) is 11.5 Å². The molecule has 0 amide bonds. The van der Waals surface area contributed by atoms with Crippen molar-refractivity contribution in [1.29, 1.82) is 0 Å². The summed E-state index contributed by atoms with van der Waals surface area (Å²) in [6.07, 6.45) is 0.00204. The van der Waals surface area contributed by atoms with Gasteiger partial charge in [0, 0.05) is 4.88 Å². The van der Waals surface area contributed by atoms with Crippen molar-refractivity contribution in [2.45, 2.75) is 26.0 Å². The summed E-state index contributed by atoms with van der Waals surface area (Å²) in [5.41, 5.74) is 1.31. The van der Waals surface area contributed by atoms with Gasteiger partial charge in [0.05, 0.1) is 6.04 Å². The Morgan fingerprint density at radius 2 is 2.10 bits per heavy atom. The summed E-state index contributed by atoms with van der Waals surface area (Å²) in [7, 11) is 0. The minimum Gasteiger partial charge on any atom is -0.486 e. The summed E-state index contributed by atoms with van der Waals surface area (Å²) in [6, 6.07) is 10.2. The van der Waals surface area contributed by atoms with Gasteiger partial charge in [-0.05, 0) is 42.6 Å². The molecule has 2 aromatic rings. The lowest BCUT2D eigenvalue weighted by Gasteiger charge is -2.32. The van der Waals surface area contributed by atoms with Crippen LogP contribution in [0.2, 0.25) is 0 Å². The first-order chi connectivity index (χ1) is 9.79. The number of hydrogen-bond donors (Lipinski definition) is 1. The van der Waals surface area contributed by atoms with E-state index in [0.717, 1.165) is 18.0 Å². The average molecular weight is 289 g/mol. The molecule has 1 aliphatic heterocycles. The number of likely N-dealkylation sites (N-methyl/N-ethyl adjacent to an activating group) is 1. The number of ether oxygens (including phenoxy) is 2. The average Bonchev–Trinajstić information content (AvgIpc) is 2.90. The highest BCUT2D eigenvalue weighted by Crippen LogP contribution is 2.36. The van der Waals surface area contributed by atoms with Gasteiger partial charge in [0.15, 0.2) is 17.6 Å². The zero-order valence-electron chi connectivity index (χ0n) is 11.8. The maximum Gasteiger partial charge on any atom is 0.161 e. The van der Waals surface area contributed by atoms with Crippen LogP contribution in [-0.4, -0.2) is 19.3 Å². The van der Waals surface area contributed by atoms with E-state index in [-0.39, 0.29) is 12.1 Å². The van der Waals surface area contributed by atoms with Crippen molar-refractivity contribution in [3.05, 3.63) is 46.2 Å². The minimum atomic E-state index is 0.00204. The molecular formula is C16H19NO2S. The zero-order valence-corrected chi connectivity index (χ0v) is 12.6. The minimum absolute atomic E-state index is 0.00204. The molecule has 0 radical (unpaired) electrons. The highest BCUT2D eigenvalue weighted by molar-refractivity contribution is 7.10. The Hall–Kier alpha value is -1.52. The van der Waals surface area contributed by atoms with Crippen LogP contribution in [0.15, 0.2) is 35.7 Å². The van der Waals surface area contributed by atoms with E-state index in [1.807, 2.05) is 24.3 Å². The molecule has 1 aliphatic rings. The standard InChI is InChI=1S/C16H19NO2S/c1-3-17-15(16-11(2)8-9-20-16)14-10-18-12-6-4-5-7-13(12)19-14/h4-9,14-15,17H,3,10H2,1-2H3. The highest BCUT2D eigenvalue weighted by atomic mass is 32.1. The van der Waals surface area contributed by atoms with Gasteiger partial charge in [-0.25, -0.2) is 0 Å². The predicted molar refractivity (Wildman–Crippen MR) is 81.8 cm³/mol. The summed E-state index contributed by atoms with van der Waals surface area (Å²) in [5, 5.41) is 5.66. The zero-order chi connectivity index (χ0) is 13.9. The van der Waals surface area contributed by atoms with E-state index in [1.165, 1.54) is 10.4 Å². The second-order valence-electron chi connectivity index (χ2n) is 4.92. The fraction of sp³-hybridized carbons (Fsp3) is 0.375. The van der Waals surface area contributed by atoms with Crippen LogP contribution in [0.25, 0.3) is 0 Å². The summed E-state index contributed by atoms with van der Waals surface area (Å²) < 4.78 is 12.0. The Labute approximate surface area is 123 Å². The predicted octanol–water partition coefficient (Wildman–Crippen LogP) is 3.55. The van der Waals surface area contributed by atoms with Crippen molar-refractivity contribution < 1.29 is 9.47 Å². The Morgan fingerprint density at radius 1 is 1.30 bits per heavy atom. The first kappa shape index (κ1) is 13.5. The molecule has 2 unspecified atom stereocenters. The van der Waals surface area contributed by atoms with Gasteiger partial charge in [0.1, 0.15) is 6.61 Å². The smallest absolute Gasteiger partial charge is 0.161 e. The topological polar surface area (TPSA) is 30.5 Å². The van der Waals surface area contributed by atoms with E-state index in [0.29, 0.717) is 6.61 Å². The van der Waals surface area contributed by atoms with Crippen LogP contribution >= 0.6 is 11.3 Å². The molecule has 3 rings (SSSR count). The SMILES string of the molecule is CCNC(c1sccc1C)C1COc2ccccc2O1. The fourth-order valence-electron chi connectivity index (χ4n) is 2.52. The van der Waals surface area contributed by atoms with Crippen LogP contribution < -0.4 is 14.8 Å². The van der Waals surface area contributed by atoms with Crippen LogP contribution in [0, 0.1) is 6.92 Å². The van der Waals surface area contributed by atoms with Crippen LogP contribution in [0.1, 0.15) is 23.4 Å². The van der Waals surface area contributed by atoms with E-state index in [9.17, 15) is 0 Å². The molecule has 0 spiro atoms. The third kappa shape index (κ3) is 2.53. The molecule has 20 heavy (non-hydrogen) atoms. The number of para-hydroxylation sites is 2. The number of thiophene rings is 1. The molecule has 1 aromatic carbocycles. The van der Waals surface area contributed by atoms with Crippen molar-refractivity contribution in [2.24, 2.45) is 0 Å². The third-order valence-electron chi connectivity index (χ3n) is 3.51. The third-order valence-corrected chi connectivity index (χ3v) is 4.61. The first-order valence-electron chi connectivity index (χ1n) is 6.95. The second kappa shape index (κ2) is 5.85. The summed E-state index contributed by atoms with van der Waals surface area (Å²) in [6.45, 7) is 5.75. The molecule has 106 valence electrons. The lowest BCUT2D eigenvalue weighted by Crippen LogP contribution is -2.41. The van der Waals surface area contributed by atoms with Crippen molar-refractivity contribution in [1.82, 2.24) is 5.32 Å². The monoisotopic (exact) mass is 289 g/mol. The normalized spacial score (nSPS) is 18.8. The lowest BCUT2D eigenvalue weighted by atomic mass is 10.1. The van der Waals surface area contributed by atoms with E-state index >= 15 is 0 Å². The van der Waals surface area contributed by atoms with Gasteiger partial charge in [-0.2, -0.15) is 0 Å². The Bertz CT molecular complexity index is 581. The number of rotatable bonds is 4. The van der Waals surface area contributed by atoms with Crippen molar-refractivity contribution in [2.75, 3.05) is 13.2 Å². The fourth-order valence-corrected chi connectivity index (χ4v) is 3.57. The van der Waals surface area contributed by atoms with Crippen molar-refractivity contribution in [3.63, 3.8) is 0 Å². The number of fused-ring (bicyclic) bond motifs is 1. The summed E-state index contributed by atoms with van der Waals surface area (Å²) in [4.78, 5) is 1.33. The van der Waals surface area contributed by atoms with E-state index in [4.69, 9.17) is 9.47 Å². The second-order valence-corrected chi connectivity index (χ2v) is 5.86. The van der Waals surface area contributed by atoms with Gasteiger partial charge < -0.3 is 14.8 Å². The largest absolute Gasteiger partial charge is 0.486 e. The molecule has 0 bridgehead atoms. The number of aryl methyl sites for hydroxylation is 1. The summed E-state index contributed by atoms with van der Waals surface area (Å²) >= 11 is 1.77. The molecule has 3 nitrogen and oxygen atoms in total. The van der Waals surface area contributed by atoms with E-state index in [2.05, 4.69) is 30.6 Å². The molecule has 0 fully saturated rings. The molecule has 2 heterocycles. The molecule has 2 atom stereocenters. The van der Waals surface area contributed by atoms with Crippen LogP contribution in [0.5, 0.6) is 11.5 Å². The van der Waals surface area contributed by atoms with Gasteiger partial charge in [0.25, 0.3) is 0 Å². The number of benzene rings is 1. The maximum absolute atomic E-state index is 6.14. The number of hydrogen-bond acceptors (Lipinski definition) is 4. The molecule has 0 saturated carbocycles. The Morgan fingerprint density at radius 3 is 2.80 bits per heavy atom. The highest BCUT2D eigenvalue weighted by Gasteiger charge is 2.31. The Balaban J connectivity index is 1.85. The van der Waals surface area contributed by atoms with Gasteiger partial charge in [0.2, 0.25) is 0 Å². The maximum atomic E-state index is 6.14. The van der Waals surface area contributed by atoms with Crippen LogP contribution in [0.4, 0.5) is 0 Å². The quantitative estimate of drug-likeness (QED) is 0.933. The molecule has 0 aliphatic carbocycles. The molecule has 1 aromatic heterocycles. The van der Waals surface area contributed by atoms with Gasteiger partial charge in [-0.1, -0.05) is 19.1 Å². The van der Waals surface area contributed by atoms with Gasteiger partial charge in [-0.3, -0.25) is 0 Å². The molecule has 0 saturated heterocycles. The number of nitrogens with one attached hydrogen (secondary N) is 1. The molecule has 1 N–H and O–H groups in total. The van der Waals surface area contributed by atoms with Crippen molar-refractivity contribution >= 4 is 11.3 Å². The van der Waals surface area contributed by atoms with Gasteiger partial charge >= 0.3 is 0 Å². The molecular weight excluding hydrogens is 270 g/mol. The van der Waals surface area contributed by atoms with Crippen LogP contribution in [0.3, 0.4) is 0 Å².